The van der Waals surface area contributed by atoms with E-state index in [9.17, 15) is 4.79 Å². The van der Waals surface area contributed by atoms with Crippen LogP contribution in [-0.2, 0) is 0 Å². The molecule has 18 heavy (non-hydrogen) atoms. The van der Waals surface area contributed by atoms with Crippen LogP contribution in [0.4, 0.5) is 0 Å². The number of nitrogens with zero attached hydrogens (tertiary/aromatic N) is 3. The van der Waals surface area contributed by atoms with Gasteiger partial charge in [0.2, 0.25) is 0 Å². The number of ether oxygens (including phenoxy) is 1. The van der Waals surface area contributed by atoms with Crippen molar-refractivity contribution >= 4 is 6.29 Å². The van der Waals surface area contributed by atoms with Crippen LogP contribution in [0, 0.1) is 0 Å². The van der Waals surface area contributed by atoms with Gasteiger partial charge < -0.3 is 4.74 Å². The fourth-order valence-corrected chi connectivity index (χ4v) is 1.55. The van der Waals surface area contributed by atoms with Gasteiger partial charge >= 0.3 is 0 Å². The van der Waals surface area contributed by atoms with E-state index >= 15 is 0 Å². The predicted molar refractivity (Wildman–Crippen MR) is 69.8 cm³/mol. The zero-order valence-corrected chi connectivity index (χ0v) is 10.3. The van der Waals surface area contributed by atoms with E-state index in [-0.39, 0.29) is 0 Å². The van der Waals surface area contributed by atoms with Gasteiger partial charge in [-0.15, -0.1) is 0 Å². The number of hydrogen-bond donors (Lipinski definition) is 0. The van der Waals surface area contributed by atoms with E-state index in [4.69, 9.17) is 10.3 Å². The average Bonchev–Trinajstić information content (AvgIpc) is 2.42. The van der Waals surface area contributed by atoms with Crippen molar-refractivity contribution in [2.24, 2.45) is 5.11 Å². The summed E-state index contributed by atoms with van der Waals surface area (Å²) in [6.45, 7) is 1.21. The number of azide groups is 1. The zero-order chi connectivity index (χ0) is 13.1. The average molecular weight is 247 g/mol. The van der Waals surface area contributed by atoms with Gasteiger partial charge in [0.05, 0.1) is 6.61 Å². The van der Waals surface area contributed by atoms with Crippen LogP contribution in [0.15, 0.2) is 29.4 Å². The summed E-state index contributed by atoms with van der Waals surface area (Å²) < 4.78 is 5.54. The first kappa shape index (κ1) is 14.1. The van der Waals surface area contributed by atoms with Crippen molar-refractivity contribution in [1.29, 1.82) is 0 Å². The Morgan fingerprint density at radius 3 is 2.89 bits per heavy atom. The van der Waals surface area contributed by atoms with E-state index in [0.29, 0.717) is 18.7 Å². The first-order valence-electron chi connectivity index (χ1n) is 6.05. The molecule has 0 radical (unpaired) electrons. The topological polar surface area (TPSA) is 75.1 Å². The third-order valence-corrected chi connectivity index (χ3v) is 2.48. The molecule has 1 rings (SSSR count). The van der Waals surface area contributed by atoms with E-state index in [2.05, 4.69) is 10.0 Å². The molecule has 0 fully saturated rings. The van der Waals surface area contributed by atoms with Crippen LogP contribution >= 0.6 is 0 Å². The van der Waals surface area contributed by atoms with Crippen molar-refractivity contribution < 1.29 is 9.53 Å². The molecule has 0 atom stereocenters. The normalized spacial score (nSPS) is 9.56. The van der Waals surface area contributed by atoms with Crippen LogP contribution in [-0.4, -0.2) is 19.4 Å². The minimum absolute atomic E-state index is 0.568. The lowest BCUT2D eigenvalue weighted by Gasteiger charge is -2.06. The molecule has 0 unspecified atom stereocenters. The Bertz CT molecular complexity index is 414. The molecule has 1 aromatic carbocycles. The highest BCUT2D eigenvalue weighted by atomic mass is 16.5. The van der Waals surface area contributed by atoms with Gasteiger partial charge in [0.25, 0.3) is 0 Å². The summed E-state index contributed by atoms with van der Waals surface area (Å²) in [6.07, 6.45) is 4.78. The SMILES string of the molecule is [N-]=[N+]=NCCCCCCOc1cccc(C=O)c1. The summed E-state index contributed by atoms with van der Waals surface area (Å²) in [5.41, 5.74) is 8.72. The van der Waals surface area contributed by atoms with Crippen LogP contribution in [0.3, 0.4) is 0 Å². The maximum absolute atomic E-state index is 10.6. The van der Waals surface area contributed by atoms with Crippen molar-refractivity contribution in [2.45, 2.75) is 25.7 Å². The summed E-state index contributed by atoms with van der Waals surface area (Å²) in [5, 5.41) is 3.47. The van der Waals surface area contributed by atoms with Crippen LogP contribution in [0.2, 0.25) is 0 Å². The summed E-state index contributed by atoms with van der Waals surface area (Å²) in [5.74, 6) is 0.730. The van der Waals surface area contributed by atoms with Gasteiger partial charge in [0.15, 0.2) is 0 Å². The molecule has 0 spiro atoms. The summed E-state index contributed by atoms with van der Waals surface area (Å²) in [7, 11) is 0. The number of benzene rings is 1. The lowest BCUT2D eigenvalue weighted by molar-refractivity contribution is 0.112. The van der Waals surface area contributed by atoms with Crippen molar-refractivity contribution in [3.63, 3.8) is 0 Å². The zero-order valence-electron chi connectivity index (χ0n) is 10.3. The number of carbonyl (C=O) groups excluding carboxylic acids is 1. The minimum atomic E-state index is 0.568. The van der Waals surface area contributed by atoms with Gasteiger partial charge in [0.1, 0.15) is 12.0 Å². The molecule has 0 aromatic heterocycles. The molecular weight excluding hydrogens is 230 g/mol. The van der Waals surface area contributed by atoms with Gasteiger partial charge in [-0.05, 0) is 30.5 Å². The highest BCUT2D eigenvalue weighted by molar-refractivity contribution is 5.75. The summed E-state index contributed by atoms with van der Waals surface area (Å²) >= 11 is 0. The van der Waals surface area contributed by atoms with E-state index in [0.717, 1.165) is 37.7 Å². The van der Waals surface area contributed by atoms with E-state index in [1.54, 1.807) is 18.2 Å². The van der Waals surface area contributed by atoms with E-state index in [1.165, 1.54) is 0 Å². The van der Waals surface area contributed by atoms with Crippen molar-refractivity contribution in [1.82, 2.24) is 0 Å². The Morgan fingerprint density at radius 1 is 1.28 bits per heavy atom. The lowest BCUT2D eigenvalue weighted by Crippen LogP contribution is -1.97. The first-order valence-corrected chi connectivity index (χ1v) is 6.05. The van der Waals surface area contributed by atoms with E-state index < -0.39 is 0 Å². The maximum atomic E-state index is 10.6. The Morgan fingerprint density at radius 2 is 2.11 bits per heavy atom. The molecular formula is C13H17N3O2. The van der Waals surface area contributed by atoms with E-state index in [1.807, 2.05) is 6.07 Å². The maximum Gasteiger partial charge on any atom is 0.150 e. The first-order chi connectivity index (χ1) is 8.86. The van der Waals surface area contributed by atoms with Gasteiger partial charge in [-0.3, -0.25) is 4.79 Å². The molecule has 1 aromatic rings. The molecule has 0 saturated carbocycles. The number of rotatable bonds is 9. The Labute approximate surface area is 106 Å². The number of aldehydes is 1. The third kappa shape index (κ3) is 5.92. The second-order valence-corrected chi connectivity index (χ2v) is 3.91. The molecule has 5 nitrogen and oxygen atoms in total. The molecule has 5 heteroatoms. The molecule has 0 N–H and O–H groups in total. The highest BCUT2D eigenvalue weighted by Crippen LogP contribution is 2.12. The molecule has 0 aliphatic carbocycles. The summed E-state index contributed by atoms with van der Waals surface area (Å²) in [4.78, 5) is 13.3. The smallest absolute Gasteiger partial charge is 0.150 e. The number of carbonyl (C=O) groups is 1. The fourth-order valence-electron chi connectivity index (χ4n) is 1.55. The van der Waals surface area contributed by atoms with Crippen LogP contribution in [0.5, 0.6) is 5.75 Å². The van der Waals surface area contributed by atoms with Crippen molar-refractivity contribution in [2.75, 3.05) is 13.2 Å². The molecule has 0 aliphatic heterocycles. The standard InChI is InChI=1S/C13H17N3O2/c14-16-15-8-3-1-2-4-9-18-13-7-5-6-12(10-13)11-17/h5-7,10-11H,1-4,8-9H2. The second kappa shape index (κ2) is 9.07. The quantitative estimate of drug-likeness (QED) is 0.219. The van der Waals surface area contributed by atoms with Gasteiger partial charge in [-0.25, -0.2) is 0 Å². The molecule has 0 amide bonds. The Kier molecular flexibility index (Phi) is 7.09. The molecule has 0 aliphatic rings. The van der Waals surface area contributed by atoms with Gasteiger partial charge in [-0.2, -0.15) is 0 Å². The molecule has 0 saturated heterocycles. The van der Waals surface area contributed by atoms with Gasteiger partial charge in [0, 0.05) is 17.0 Å². The molecule has 0 heterocycles. The summed E-state index contributed by atoms with van der Waals surface area (Å²) in [6, 6.07) is 7.12. The number of hydrogen-bond acceptors (Lipinski definition) is 3. The van der Waals surface area contributed by atoms with Crippen molar-refractivity contribution in [3.05, 3.63) is 40.3 Å². The minimum Gasteiger partial charge on any atom is -0.494 e. The van der Waals surface area contributed by atoms with Crippen LogP contribution in [0.25, 0.3) is 10.4 Å². The largest absolute Gasteiger partial charge is 0.494 e. The third-order valence-electron chi connectivity index (χ3n) is 2.48. The molecule has 0 bridgehead atoms. The highest BCUT2D eigenvalue weighted by Gasteiger charge is 1.96. The Hall–Kier alpha value is -2.00. The van der Waals surface area contributed by atoms with Crippen LogP contribution in [0.1, 0.15) is 36.0 Å². The fraction of sp³-hybridized carbons (Fsp3) is 0.462. The number of unbranched alkanes of at least 4 members (excludes halogenated alkanes) is 3. The van der Waals surface area contributed by atoms with Crippen LogP contribution < -0.4 is 4.74 Å². The van der Waals surface area contributed by atoms with Crippen molar-refractivity contribution in [3.8, 4) is 5.75 Å². The Balaban J connectivity index is 2.10. The van der Waals surface area contributed by atoms with Gasteiger partial charge in [-0.1, -0.05) is 30.1 Å². The second-order valence-electron chi connectivity index (χ2n) is 3.91. The predicted octanol–water partition coefficient (Wildman–Crippen LogP) is 3.75. The molecule has 96 valence electrons. The monoisotopic (exact) mass is 247 g/mol. The lowest BCUT2D eigenvalue weighted by atomic mass is 10.2.